The summed E-state index contributed by atoms with van der Waals surface area (Å²) in [5, 5.41) is 3.54. The van der Waals surface area contributed by atoms with Crippen LogP contribution >= 0.6 is 23.4 Å². The lowest BCUT2D eigenvalue weighted by atomic mass is 10.2. The van der Waals surface area contributed by atoms with E-state index >= 15 is 0 Å². The number of aromatic nitrogens is 5. The molecule has 0 saturated carbocycles. The van der Waals surface area contributed by atoms with Gasteiger partial charge in [0.1, 0.15) is 0 Å². The zero-order valence-corrected chi connectivity index (χ0v) is 15.0. The van der Waals surface area contributed by atoms with Gasteiger partial charge in [-0.1, -0.05) is 23.4 Å². The maximum Gasteiger partial charge on any atom is 0.323 e. The number of hydrogen-bond acceptors (Lipinski definition) is 5. The van der Waals surface area contributed by atoms with Crippen LogP contribution in [0.1, 0.15) is 6.92 Å². The summed E-state index contributed by atoms with van der Waals surface area (Å²) in [6, 6.07) is 6.90. The molecule has 10 heteroatoms. The number of fused-ring (bicyclic) bond motifs is 2. The summed E-state index contributed by atoms with van der Waals surface area (Å²) in [5.41, 5.74) is 2.90. The topological polar surface area (TPSA) is 119 Å². The van der Waals surface area contributed by atoms with Crippen molar-refractivity contribution in [1.82, 2.24) is 24.9 Å². The van der Waals surface area contributed by atoms with E-state index in [0.29, 0.717) is 32.5 Å². The van der Waals surface area contributed by atoms with Gasteiger partial charge in [0.05, 0.1) is 26.8 Å². The highest BCUT2D eigenvalue weighted by Gasteiger charge is 2.17. The zero-order valence-electron chi connectivity index (χ0n) is 13.5. The molecule has 0 aliphatic heterocycles. The largest absolute Gasteiger partial charge is 0.331 e. The number of H-pyrrole nitrogens is 3. The predicted molar refractivity (Wildman–Crippen MR) is 102 cm³/mol. The lowest BCUT2D eigenvalue weighted by Gasteiger charge is -2.10. The molecule has 1 atom stereocenters. The summed E-state index contributed by atoms with van der Waals surface area (Å²) in [5.74, 6) is -0.182. The fourth-order valence-corrected chi connectivity index (χ4v) is 3.45. The standard InChI is InChI=1S/C16H13ClN6O2S/c1-7(26-16-22-12-4-8(17)6-18-13(12)23-16)14(24)19-9-2-3-10-11(5-9)21-15(25)20-10/h2-7H,1H3,(H,19,24)(H,18,22,23)(H2,20,21,25)/t7-/m0/s1. The third-order valence-corrected chi connectivity index (χ3v) is 4.91. The van der Waals surface area contributed by atoms with Crippen molar-refractivity contribution < 1.29 is 4.79 Å². The molecule has 0 spiro atoms. The summed E-state index contributed by atoms with van der Waals surface area (Å²) >= 11 is 7.20. The molecule has 1 aromatic carbocycles. The minimum Gasteiger partial charge on any atom is -0.331 e. The molecule has 0 saturated heterocycles. The molecule has 0 bridgehead atoms. The first-order valence-corrected chi connectivity index (χ1v) is 8.94. The van der Waals surface area contributed by atoms with Gasteiger partial charge in [-0.25, -0.2) is 14.8 Å². The van der Waals surface area contributed by atoms with E-state index in [4.69, 9.17) is 11.6 Å². The average Bonchev–Trinajstić information content (AvgIpc) is 3.15. The van der Waals surface area contributed by atoms with E-state index in [2.05, 4.69) is 30.2 Å². The third kappa shape index (κ3) is 3.31. The Kier molecular flexibility index (Phi) is 4.17. The Morgan fingerprint density at radius 2 is 2.00 bits per heavy atom. The van der Waals surface area contributed by atoms with E-state index in [0.717, 1.165) is 5.52 Å². The number of halogens is 1. The van der Waals surface area contributed by atoms with Crippen molar-refractivity contribution in [1.29, 1.82) is 0 Å². The fraction of sp³-hybridized carbons (Fsp3) is 0.125. The van der Waals surface area contributed by atoms with E-state index in [1.54, 1.807) is 31.2 Å². The van der Waals surface area contributed by atoms with Gasteiger partial charge in [0.2, 0.25) is 5.91 Å². The summed E-state index contributed by atoms with van der Waals surface area (Å²) in [6.07, 6.45) is 1.52. The minimum absolute atomic E-state index is 0.182. The Morgan fingerprint density at radius 3 is 2.85 bits per heavy atom. The number of pyridine rings is 1. The second kappa shape index (κ2) is 6.50. The number of nitrogens with zero attached hydrogens (tertiary/aromatic N) is 2. The number of imidazole rings is 2. The fourth-order valence-electron chi connectivity index (χ4n) is 2.48. The quantitative estimate of drug-likeness (QED) is 0.401. The van der Waals surface area contributed by atoms with Crippen LogP contribution in [-0.4, -0.2) is 36.1 Å². The van der Waals surface area contributed by atoms with Crippen LogP contribution < -0.4 is 11.0 Å². The summed E-state index contributed by atoms with van der Waals surface area (Å²) < 4.78 is 0. The number of carbonyl (C=O) groups excluding carboxylic acids is 1. The predicted octanol–water partition coefficient (Wildman–Crippen LogP) is 2.90. The molecule has 4 aromatic rings. The Balaban J connectivity index is 1.48. The molecule has 0 fully saturated rings. The second-order valence-corrected chi connectivity index (χ2v) is 7.42. The molecular weight excluding hydrogens is 376 g/mol. The molecule has 4 rings (SSSR count). The smallest absolute Gasteiger partial charge is 0.323 e. The van der Waals surface area contributed by atoms with Gasteiger partial charge in [-0.05, 0) is 31.2 Å². The number of benzene rings is 1. The van der Waals surface area contributed by atoms with Crippen LogP contribution in [0.15, 0.2) is 40.4 Å². The van der Waals surface area contributed by atoms with Crippen LogP contribution in [0, 0.1) is 0 Å². The summed E-state index contributed by atoms with van der Waals surface area (Å²) in [4.78, 5) is 40.6. The number of carbonyl (C=O) groups is 1. The van der Waals surface area contributed by atoms with Crippen molar-refractivity contribution >= 4 is 57.2 Å². The van der Waals surface area contributed by atoms with Crippen molar-refractivity contribution in [3.05, 3.63) is 46.0 Å². The van der Waals surface area contributed by atoms with Gasteiger partial charge in [-0.2, -0.15) is 0 Å². The van der Waals surface area contributed by atoms with E-state index < -0.39 is 5.25 Å². The number of hydrogen-bond donors (Lipinski definition) is 4. The highest BCUT2D eigenvalue weighted by atomic mass is 35.5. The molecule has 132 valence electrons. The normalized spacial score (nSPS) is 12.5. The number of amides is 1. The lowest BCUT2D eigenvalue weighted by molar-refractivity contribution is -0.115. The molecule has 3 heterocycles. The molecular formula is C16H13ClN6O2S. The van der Waals surface area contributed by atoms with Gasteiger partial charge in [0, 0.05) is 11.9 Å². The number of thioether (sulfide) groups is 1. The van der Waals surface area contributed by atoms with Crippen LogP contribution in [0.2, 0.25) is 5.02 Å². The maximum absolute atomic E-state index is 12.4. The van der Waals surface area contributed by atoms with Crippen LogP contribution in [0.4, 0.5) is 5.69 Å². The van der Waals surface area contributed by atoms with Gasteiger partial charge in [0.25, 0.3) is 0 Å². The molecule has 1 amide bonds. The van der Waals surface area contributed by atoms with Crippen molar-refractivity contribution in [2.75, 3.05) is 5.32 Å². The summed E-state index contributed by atoms with van der Waals surface area (Å²) in [6.45, 7) is 1.78. The first kappa shape index (κ1) is 16.7. The summed E-state index contributed by atoms with van der Waals surface area (Å²) in [7, 11) is 0. The van der Waals surface area contributed by atoms with Crippen LogP contribution in [0.3, 0.4) is 0 Å². The van der Waals surface area contributed by atoms with Crippen LogP contribution in [0.25, 0.3) is 22.2 Å². The van der Waals surface area contributed by atoms with Crippen molar-refractivity contribution in [3.63, 3.8) is 0 Å². The third-order valence-electron chi connectivity index (χ3n) is 3.72. The zero-order chi connectivity index (χ0) is 18.3. The molecule has 26 heavy (non-hydrogen) atoms. The monoisotopic (exact) mass is 388 g/mol. The van der Waals surface area contributed by atoms with Gasteiger partial charge >= 0.3 is 5.69 Å². The minimum atomic E-state index is -0.396. The first-order valence-electron chi connectivity index (χ1n) is 7.69. The highest BCUT2D eigenvalue weighted by Crippen LogP contribution is 2.25. The SMILES string of the molecule is C[C@H](Sc1nc2ncc(Cl)cc2[nH]1)C(=O)Nc1ccc2[nH]c(=O)[nH]c2c1. The van der Waals surface area contributed by atoms with Gasteiger partial charge < -0.3 is 20.3 Å². The van der Waals surface area contributed by atoms with Crippen LogP contribution in [-0.2, 0) is 4.79 Å². The molecule has 8 nitrogen and oxygen atoms in total. The Bertz CT molecular complexity index is 1180. The number of aromatic amines is 3. The number of rotatable bonds is 4. The second-order valence-electron chi connectivity index (χ2n) is 5.66. The molecule has 4 N–H and O–H groups in total. The first-order chi connectivity index (χ1) is 12.5. The van der Waals surface area contributed by atoms with E-state index in [1.165, 1.54) is 18.0 Å². The Labute approximate surface area is 155 Å². The molecule has 0 unspecified atom stereocenters. The molecule has 3 aromatic heterocycles. The van der Waals surface area contributed by atoms with Crippen molar-refractivity contribution in [2.24, 2.45) is 0 Å². The Morgan fingerprint density at radius 1 is 1.19 bits per heavy atom. The van der Waals surface area contributed by atoms with E-state index in [1.807, 2.05) is 0 Å². The van der Waals surface area contributed by atoms with E-state index in [-0.39, 0.29) is 11.6 Å². The van der Waals surface area contributed by atoms with E-state index in [9.17, 15) is 9.59 Å². The molecule has 0 aliphatic rings. The molecule has 0 radical (unpaired) electrons. The van der Waals surface area contributed by atoms with Gasteiger partial charge in [-0.15, -0.1) is 0 Å². The van der Waals surface area contributed by atoms with Gasteiger partial charge in [0.15, 0.2) is 10.8 Å². The van der Waals surface area contributed by atoms with Crippen LogP contribution in [0.5, 0.6) is 0 Å². The number of nitrogens with one attached hydrogen (secondary N) is 4. The van der Waals surface area contributed by atoms with Crippen molar-refractivity contribution in [3.8, 4) is 0 Å². The average molecular weight is 389 g/mol. The van der Waals surface area contributed by atoms with Gasteiger partial charge in [-0.3, -0.25) is 4.79 Å². The number of anilines is 1. The molecule has 0 aliphatic carbocycles. The lowest BCUT2D eigenvalue weighted by Crippen LogP contribution is -2.22. The van der Waals surface area contributed by atoms with Crippen molar-refractivity contribution in [2.45, 2.75) is 17.3 Å². The highest BCUT2D eigenvalue weighted by molar-refractivity contribution is 8.00. The maximum atomic E-state index is 12.4. The Hall–Kier alpha value is -2.78.